The Morgan fingerprint density at radius 1 is 1.22 bits per heavy atom. The molecule has 1 aromatic heterocycles. The average molecular weight is 461 g/mol. The van der Waals surface area contributed by atoms with Crippen molar-refractivity contribution >= 4 is 29.2 Å². The molecule has 0 bridgehead atoms. The molecule has 6 nitrogen and oxygen atoms in total. The minimum absolute atomic E-state index is 0.00211. The summed E-state index contributed by atoms with van der Waals surface area (Å²) >= 11 is 5.75. The number of carbonyl (C=O) groups is 2. The summed E-state index contributed by atoms with van der Waals surface area (Å²) in [5, 5.41) is 7.82. The molecule has 2 rings (SSSR count). The SMILES string of the molecule is Cc1cccc(-n2nc(C(C)(C)C)cc2NC(=O)CN(CC(C)C)C(=O)CCCCl)c1C. The highest BCUT2D eigenvalue weighted by molar-refractivity contribution is 6.17. The van der Waals surface area contributed by atoms with E-state index in [1.165, 1.54) is 0 Å². The van der Waals surface area contributed by atoms with Crippen LogP contribution in [0.5, 0.6) is 0 Å². The lowest BCUT2D eigenvalue weighted by Gasteiger charge is -2.24. The van der Waals surface area contributed by atoms with E-state index in [0.717, 1.165) is 22.5 Å². The molecular formula is C25H37ClN4O2. The number of aryl methyl sites for hydroxylation is 1. The molecule has 1 aromatic carbocycles. The van der Waals surface area contributed by atoms with Crippen LogP contribution in [-0.2, 0) is 15.0 Å². The van der Waals surface area contributed by atoms with Crippen molar-refractivity contribution in [1.82, 2.24) is 14.7 Å². The average Bonchev–Trinajstić information content (AvgIpc) is 3.11. The summed E-state index contributed by atoms with van der Waals surface area (Å²) in [5.41, 5.74) is 3.88. The van der Waals surface area contributed by atoms with Gasteiger partial charge in [-0.2, -0.15) is 5.10 Å². The fourth-order valence-electron chi connectivity index (χ4n) is 3.41. The topological polar surface area (TPSA) is 67.2 Å². The summed E-state index contributed by atoms with van der Waals surface area (Å²) in [7, 11) is 0. The highest BCUT2D eigenvalue weighted by Gasteiger charge is 2.24. The van der Waals surface area contributed by atoms with Crippen LogP contribution in [0.2, 0.25) is 0 Å². The maximum absolute atomic E-state index is 13.0. The molecule has 0 saturated carbocycles. The lowest BCUT2D eigenvalue weighted by atomic mass is 9.92. The Morgan fingerprint density at radius 3 is 2.50 bits per heavy atom. The standard InChI is InChI=1S/C25H37ClN4O2/c1-17(2)15-29(24(32)12-9-13-26)16-23(31)27-22-14-21(25(5,6)7)28-30(22)20-11-8-10-18(3)19(20)4/h8,10-11,14,17H,9,12-13,15-16H2,1-7H3,(H,27,31). The van der Waals surface area contributed by atoms with Crippen LogP contribution in [0.15, 0.2) is 24.3 Å². The van der Waals surface area contributed by atoms with Gasteiger partial charge in [-0.15, -0.1) is 11.6 Å². The Bertz CT molecular complexity index is 944. The summed E-state index contributed by atoms with van der Waals surface area (Å²) in [4.78, 5) is 27.2. The van der Waals surface area contributed by atoms with Crippen molar-refractivity contribution in [2.75, 3.05) is 24.3 Å². The predicted molar refractivity (Wildman–Crippen MR) is 132 cm³/mol. The van der Waals surface area contributed by atoms with Gasteiger partial charge in [0.1, 0.15) is 5.82 Å². The second kappa shape index (κ2) is 11.0. The summed E-state index contributed by atoms with van der Waals surface area (Å²) < 4.78 is 1.79. The number of alkyl halides is 1. The van der Waals surface area contributed by atoms with Crippen molar-refractivity contribution in [3.63, 3.8) is 0 Å². The minimum atomic E-state index is -0.239. The summed E-state index contributed by atoms with van der Waals surface area (Å²) in [6.45, 7) is 15.0. The number of carbonyl (C=O) groups excluding carboxylic acids is 2. The first-order valence-electron chi connectivity index (χ1n) is 11.2. The Morgan fingerprint density at radius 2 is 1.91 bits per heavy atom. The lowest BCUT2D eigenvalue weighted by molar-refractivity contribution is -0.135. The van der Waals surface area contributed by atoms with Crippen LogP contribution >= 0.6 is 11.6 Å². The van der Waals surface area contributed by atoms with Crippen LogP contribution in [0, 0.1) is 19.8 Å². The van der Waals surface area contributed by atoms with Gasteiger partial charge in [0.15, 0.2) is 0 Å². The zero-order valence-corrected chi connectivity index (χ0v) is 21.2. The van der Waals surface area contributed by atoms with E-state index in [-0.39, 0.29) is 29.7 Å². The number of nitrogens with one attached hydrogen (secondary N) is 1. The fourth-order valence-corrected chi connectivity index (χ4v) is 3.55. The van der Waals surface area contributed by atoms with Crippen molar-refractivity contribution in [2.24, 2.45) is 5.92 Å². The molecule has 1 heterocycles. The molecule has 0 aliphatic rings. The quantitative estimate of drug-likeness (QED) is 0.521. The molecule has 0 radical (unpaired) electrons. The van der Waals surface area contributed by atoms with Gasteiger partial charge in [-0.3, -0.25) is 9.59 Å². The van der Waals surface area contributed by atoms with E-state index in [2.05, 4.69) is 46.0 Å². The molecule has 0 aliphatic heterocycles. The van der Waals surface area contributed by atoms with Crippen LogP contribution < -0.4 is 5.32 Å². The number of anilines is 1. The van der Waals surface area contributed by atoms with Crippen LogP contribution in [0.4, 0.5) is 5.82 Å². The van der Waals surface area contributed by atoms with Crippen molar-refractivity contribution in [3.8, 4) is 5.69 Å². The van der Waals surface area contributed by atoms with Crippen LogP contribution in [-0.4, -0.2) is 45.5 Å². The van der Waals surface area contributed by atoms with Crippen molar-refractivity contribution < 1.29 is 9.59 Å². The van der Waals surface area contributed by atoms with E-state index >= 15 is 0 Å². The molecule has 0 aliphatic carbocycles. The third-order valence-electron chi connectivity index (χ3n) is 5.35. The highest BCUT2D eigenvalue weighted by Crippen LogP contribution is 2.28. The Hall–Kier alpha value is -2.34. The van der Waals surface area contributed by atoms with Crippen molar-refractivity contribution in [2.45, 2.75) is 66.7 Å². The monoisotopic (exact) mass is 460 g/mol. The third-order valence-corrected chi connectivity index (χ3v) is 5.61. The second-order valence-corrected chi connectivity index (χ2v) is 10.2. The molecule has 0 fully saturated rings. The summed E-state index contributed by atoms with van der Waals surface area (Å²) in [6, 6.07) is 7.96. The molecule has 0 unspecified atom stereocenters. The van der Waals surface area contributed by atoms with E-state index in [9.17, 15) is 9.59 Å². The van der Waals surface area contributed by atoms with E-state index in [0.29, 0.717) is 31.1 Å². The molecular weight excluding hydrogens is 424 g/mol. The molecule has 32 heavy (non-hydrogen) atoms. The first-order chi connectivity index (χ1) is 14.9. The second-order valence-electron chi connectivity index (χ2n) is 9.80. The molecule has 2 amide bonds. The number of nitrogens with zero attached hydrogens (tertiary/aromatic N) is 3. The van der Waals surface area contributed by atoms with Gasteiger partial charge >= 0.3 is 0 Å². The largest absolute Gasteiger partial charge is 0.333 e. The van der Waals surface area contributed by atoms with E-state index in [4.69, 9.17) is 16.7 Å². The third kappa shape index (κ3) is 6.83. The van der Waals surface area contributed by atoms with Gasteiger partial charge in [-0.25, -0.2) is 4.68 Å². The van der Waals surface area contributed by atoms with Gasteiger partial charge < -0.3 is 10.2 Å². The van der Waals surface area contributed by atoms with Gasteiger partial charge in [0.2, 0.25) is 11.8 Å². The molecule has 0 spiro atoms. The zero-order valence-electron chi connectivity index (χ0n) is 20.5. The Balaban J connectivity index is 2.33. The molecule has 0 atom stereocenters. The maximum atomic E-state index is 13.0. The van der Waals surface area contributed by atoms with Crippen LogP contribution in [0.25, 0.3) is 5.69 Å². The van der Waals surface area contributed by atoms with Gasteiger partial charge in [-0.1, -0.05) is 46.8 Å². The number of aromatic nitrogens is 2. The molecule has 176 valence electrons. The Labute approximate surface area is 197 Å². The van der Waals surface area contributed by atoms with Crippen LogP contribution in [0.3, 0.4) is 0 Å². The minimum Gasteiger partial charge on any atom is -0.333 e. The van der Waals surface area contributed by atoms with E-state index in [1.807, 2.05) is 32.0 Å². The predicted octanol–water partition coefficient (Wildman–Crippen LogP) is 5.23. The van der Waals surface area contributed by atoms with E-state index in [1.54, 1.807) is 9.58 Å². The maximum Gasteiger partial charge on any atom is 0.245 e. The molecule has 7 heteroatoms. The Kier molecular flexibility index (Phi) is 8.90. The number of amides is 2. The van der Waals surface area contributed by atoms with Gasteiger partial charge in [-0.05, 0) is 43.4 Å². The number of rotatable bonds is 9. The summed E-state index contributed by atoms with van der Waals surface area (Å²) in [6.07, 6.45) is 0.947. The molecule has 0 saturated heterocycles. The number of hydrogen-bond acceptors (Lipinski definition) is 3. The lowest BCUT2D eigenvalue weighted by Crippen LogP contribution is -2.40. The van der Waals surface area contributed by atoms with Crippen LogP contribution in [0.1, 0.15) is 64.3 Å². The first-order valence-corrected chi connectivity index (χ1v) is 11.8. The normalized spacial score (nSPS) is 11.7. The van der Waals surface area contributed by atoms with Gasteiger partial charge in [0.05, 0.1) is 17.9 Å². The number of hydrogen-bond donors (Lipinski definition) is 1. The van der Waals surface area contributed by atoms with Gasteiger partial charge in [0, 0.05) is 30.3 Å². The molecule has 2 aromatic rings. The first kappa shape index (κ1) is 25.9. The smallest absolute Gasteiger partial charge is 0.245 e. The van der Waals surface area contributed by atoms with Gasteiger partial charge in [0.25, 0.3) is 0 Å². The van der Waals surface area contributed by atoms with E-state index < -0.39 is 0 Å². The number of benzene rings is 1. The highest BCUT2D eigenvalue weighted by atomic mass is 35.5. The van der Waals surface area contributed by atoms with Crippen molar-refractivity contribution in [1.29, 1.82) is 0 Å². The van der Waals surface area contributed by atoms with Crippen molar-refractivity contribution in [3.05, 3.63) is 41.1 Å². The zero-order chi connectivity index (χ0) is 24.1. The fraction of sp³-hybridized carbons (Fsp3) is 0.560. The summed E-state index contributed by atoms with van der Waals surface area (Å²) in [5.74, 6) is 1.00. The molecule has 1 N–H and O–H groups in total. The number of halogens is 1.